The van der Waals surface area contributed by atoms with E-state index in [1.54, 1.807) is 0 Å². The second-order valence-corrected chi connectivity index (χ2v) is 7.08. The van der Waals surface area contributed by atoms with E-state index in [0.29, 0.717) is 0 Å². The molecule has 2 fully saturated rings. The van der Waals surface area contributed by atoms with Crippen LogP contribution in [0.3, 0.4) is 0 Å². The lowest BCUT2D eigenvalue weighted by Crippen LogP contribution is -2.44. The molecule has 0 aliphatic carbocycles. The Morgan fingerprint density at radius 3 is 2.65 bits per heavy atom. The topological polar surface area (TPSA) is 60.2 Å². The normalized spacial score (nSPS) is 21.9. The fraction of sp³-hybridized carbons (Fsp3) is 0.471. The van der Waals surface area contributed by atoms with E-state index in [1.165, 1.54) is 19.2 Å². The average Bonchev–Trinajstić information content (AvgIpc) is 3.20. The standard InChI is InChI=1S/C17H18F2N4O2S/c1-25-16-7-12(13(18)9-20-16)15-8-14(21-23(15)26-19)17(24)22-10-3-2-4-11(22)6-5-10/h7-11H,2-6H2,1H3. The van der Waals surface area contributed by atoms with Crippen molar-refractivity contribution in [2.75, 3.05) is 7.11 Å². The van der Waals surface area contributed by atoms with Crippen molar-refractivity contribution in [1.82, 2.24) is 19.1 Å². The summed E-state index contributed by atoms with van der Waals surface area (Å²) in [6, 6.07) is 3.25. The molecule has 2 unspecified atom stereocenters. The number of ether oxygens (including phenoxy) is 1. The number of pyridine rings is 1. The van der Waals surface area contributed by atoms with Gasteiger partial charge in [0.25, 0.3) is 5.91 Å². The number of carbonyl (C=O) groups is 1. The molecule has 4 rings (SSSR count). The number of aromatic nitrogens is 3. The maximum Gasteiger partial charge on any atom is 0.274 e. The zero-order chi connectivity index (χ0) is 18.3. The Morgan fingerprint density at radius 1 is 1.27 bits per heavy atom. The van der Waals surface area contributed by atoms with Crippen LogP contribution in [0.5, 0.6) is 5.88 Å². The van der Waals surface area contributed by atoms with Gasteiger partial charge in [0.15, 0.2) is 23.8 Å². The molecule has 0 aromatic carbocycles. The molecule has 0 N–H and O–H groups in total. The lowest BCUT2D eigenvalue weighted by molar-refractivity contribution is 0.0589. The van der Waals surface area contributed by atoms with Crippen LogP contribution < -0.4 is 4.74 Å². The van der Waals surface area contributed by atoms with E-state index < -0.39 is 5.82 Å². The molecule has 2 aliphatic rings. The third-order valence-electron chi connectivity index (χ3n) is 5.21. The first-order valence-electron chi connectivity index (χ1n) is 8.54. The quantitative estimate of drug-likeness (QED) is 0.811. The Bertz CT molecular complexity index is 828. The number of carbonyl (C=O) groups excluding carboxylic acids is 1. The number of amides is 1. The van der Waals surface area contributed by atoms with Crippen LogP contribution in [0, 0.1) is 5.82 Å². The molecule has 26 heavy (non-hydrogen) atoms. The van der Waals surface area contributed by atoms with E-state index >= 15 is 0 Å². The monoisotopic (exact) mass is 380 g/mol. The Balaban J connectivity index is 1.71. The van der Waals surface area contributed by atoms with Crippen molar-refractivity contribution in [3.63, 3.8) is 0 Å². The number of hydrogen-bond donors (Lipinski definition) is 0. The predicted octanol–water partition coefficient (Wildman–Crippen LogP) is 3.63. The number of nitrogens with zero attached hydrogens (tertiary/aromatic N) is 4. The van der Waals surface area contributed by atoms with Gasteiger partial charge in [0.1, 0.15) is 0 Å². The smallest absolute Gasteiger partial charge is 0.274 e. The number of rotatable bonds is 4. The van der Waals surface area contributed by atoms with Gasteiger partial charge in [-0.15, -0.1) is 3.89 Å². The molecule has 2 aliphatic heterocycles. The predicted molar refractivity (Wildman–Crippen MR) is 92.9 cm³/mol. The minimum absolute atomic E-state index is 0.0789. The molecule has 4 heterocycles. The van der Waals surface area contributed by atoms with E-state index in [1.807, 2.05) is 4.90 Å². The van der Waals surface area contributed by atoms with Crippen molar-refractivity contribution in [1.29, 1.82) is 0 Å². The summed E-state index contributed by atoms with van der Waals surface area (Å²) in [5, 5.41) is 4.06. The fourth-order valence-electron chi connectivity index (χ4n) is 4.01. The molecular weight excluding hydrogens is 362 g/mol. The molecule has 2 saturated heterocycles. The lowest BCUT2D eigenvalue weighted by Gasteiger charge is -2.34. The minimum Gasteiger partial charge on any atom is -0.481 e. The minimum atomic E-state index is -0.641. The first-order chi connectivity index (χ1) is 12.6. The van der Waals surface area contributed by atoms with E-state index in [2.05, 4.69) is 10.1 Å². The summed E-state index contributed by atoms with van der Waals surface area (Å²) in [6.07, 6.45) is 6.10. The van der Waals surface area contributed by atoms with Crippen molar-refractivity contribution in [2.45, 2.75) is 44.2 Å². The second kappa shape index (κ2) is 6.86. The summed E-state index contributed by atoms with van der Waals surface area (Å²) in [4.78, 5) is 18.6. The molecule has 0 saturated carbocycles. The van der Waals surface area contributed by atoms with Gasteiger partial charge in [-0.2, -0.15) is 9.19 Å². The van der Waals surface area contributed by atoms with Gasteiger partial charge >= 0.3 is 0 Å². The number of hydrogen-bond acceptors (Lipinski definition) is 5. The van der Waals surface area contributed by atoms with Crippen molar-refractivity contribution < 1.29 is 17.8 Å². The average molecular weight is 380 g/mol. The van der Waals surface area contributed by atoms with Gasteiger partial charge in [0.2, 0.25) is 5.88 Å². The van der Waals surface area contributed by atoms with Gasteiger partial charge in [0.05, 0.1) is 19.0 Å². The van der Waals surface area contributed by atoms with E-state index in [0.717, 1.165) is 42.4 Å². The lowest BCUT2D eigenvalue weighted by atomic mass is 10.0. The number of methoxy groups -OCH3 is 1. The van der Waals surface area contributed by atoms with Crippen LogP contribution in [0.25, 0.3) is 11.3 Å². The van der Waals surface area contributed by atoms with Crippen LogP contribution in [-0.2, 0) is 0 Å². The molecule has 2 aromatic rings. The Hall–Kier alpha value is -2.16. The van der Waals surface area contributed by atoms with Crippen LogP contribution in [0.15, 0.2) is 18.3 Å². The van der Waals surface area contributed by atoms with Gasteiger partial charge in [-0.05, 0) is 38.2 Å². The summed E-state index contributed by atoms with van der Waals surface area (Å²) in [5.41, 5.74) is 0.359. The summed E-state index contributed by atoms with van der Waals surface area (Å²) in [6.45, 7) is 0. The highest BCUT2D eigenvalue weighted by Gasteiger charge is 2.40. The molecule has 2 atom stereocenters. The maximum absolute atomic E-state index is 14.2. The molecule has 0 radical (unpaired) electrons. The summed E-state index contributed by atoms with van der Waals surface area (Å²) >= 11 is -0.179. The molecule has 0 spiro atoms. The van der Waals surface area contributed by atoms with Gasteiger partial charge < -0.3 is 9.64 Å². The number of piperidine rings is 1. The van der Waals surface area contributed by atoms with Crippen molar-refractivity contribution in [2.24, 2.45) is 0 Å². The maximum atomic E-state index is 14.2. The zero-order valence-electron chi connectivity index (χ0n) is 14.2. The summed E-state index contributed by atoms with van der Waals surface area (Å²) < 4.78 is 33.5. The van der Waals surface area contributed by atoms with Gasteiger partial charge in [0, 0.05) is 23.7 Å². The molecule has 2 bridgehead atoms. The SMILES string of the molecule is COc1cc(-c2cc(C(=O)N3C4CCCC3CC4)nn2SF)c(F)cn1. The third kappa shape index (κ3) is 2.84. The van der Waals surface area contributed by atoms with Crippen molar-refractivity contribution >= 4 is 18.2 Å². The second-order valence-electron chi connectivity index (χ2n) is 6.59. The van der Waals surface area contributed by atoms with E-state index in [9.17, 15) is 13.1 Å². The molecular formula is C17H18F2N4O2S. The Morgan fingerprint density at radius 2 is 2.00 bits per heavy atom. The molecule has 1 amide bonds. The Labute approximate surface area is 154 Å². The largest absolute Gasteiger partial charge is 0.481 e. The molecule has 9 heteroatoms. The Kier molecular flexibility index (Phi) is 4.56. The van der Waals surface area contributed by atoms with E-state index in [-0.39, 0.29) is 53.2 Å². The molecule has 2 aromatic heterocycles. The molecule has 138 valence electrons. The van der Waals surface area contributed by atoms with Crippen LogP contribution in [0.4, 0.5) is 8.28 Å². The highest BCUT2D eigenvalue weighted by molar-refractivity contribution is 7.92. The van der Waals surface area contributed by atoms with Crippen LogP contribution in [0.1, 0.15) is 42.6 Å². The van der Waals surface area contributed by atoms with Gasteiger partial charge in [-0.25, -0.2) is 9.37 Å². The summed E-state index contributed by atoms with van der Waals surface area (Å²) in [5.74, 6) is -0.661. The van der Waals surface area contributed by atoms with Gasteiger partial charge in [-0.3, -0.25) is 4.79 Å². The van der Waals surface area contributed by atoms with Crippen molar-refractivity contribution in [3.05, 3.63) is 29.8 Å². The number of fused-ring (bicyclic) bond motifs is 2. The van der Waals surface area contributed by atoms with Gasteiger partial charge in [-0.1, -0.05) is 0 Å². The zero-order valence-corrected chi connectivity index (χ0v) is 15.0. The first-order valence-corrected chi connectivity index (χ1v) is 9.21. The highest BCUT2D eigenvalue weighted by Crippen LogP contribution is 2.37. The number of halogens is 2. The van der Waals surface area contributed by atoms with E-state index in [4.69, 9.17) is 4.74 Å². The van der Waals surface area contributed by atoms with Crippen LogP contribution >= 0.6 is 12.3 Å². The van der Waals surface area contributed by atoms with Crippen LogP contribution in [-0.4, -0.2) is 44.2 Å². The third-order valence-corrected chi connectivity index (χ3v) is 5.62. The van der Waals surface area contributed by atoms with Crippen LogP contribution in [0.2, 0.25) is 0 Å². The first kappa shape index (κ1) is 17.3. The fourth-order valence-corrected chi connectivity index (χ4v) is 4.36. The highest BCUT2D eigenvalue weighted by atomic mass is 32.2. The van der Waals surface area contributed by atoms with Crippen molar-refractivity contribution in [3.8, 4) is 17.1 Å². The molecule has 6 nitrogen and oxygen atoms in total. The summed E-state index contributed by atoms with van der Waals surface area (Å²) in [7, 11) is 1.41.